The van der Waals surface area contributed by atoms with Crippen LogP contribution in [0.2, 0.25) is 0 Å². The number of aromatic nitrogens is 1. The van der Waals surface area contributed by atoms with Crippen LogP contribution in [0.5, 0.6) is 5.75 Å². The van der Waals surface area contributed by atoms with Crippen LogP contribution in [-0.2, 0) is 17.9 Å². The molecule has 1 aliphatic carbocycles. The van der Waals surface area contributed by atoms with Crippen LogP contribution in [0.3, 0.4) is 0 Å². The second-order valence-electron chi connectivity index (χ2n) is 10.0. The first-order valence-corrected chi connectivity index (χ1v) is 12.9. The number of amides is 2. The Morgan fingerprint density at radius 3 is 2.54 bits per heavy atom. The van der Waals surface area contributed by atoms with Crippen LogP contribution < -0.4 is 10.1 Å². The lowest BCUT2D eigenvalue weighted by atomic mass is 9.91. The van der Waals surface area contributed by atoms with Gasteiger partial charge in [0.15, 0.2) is 5.58 Å². The van der Waals surface area contributed by atoms with Gasteiger partial charge in [0.1, 0.15) is 17.0 Å². The molecule has 7 heteroatoms. The Morgan fingerprint density at radius 2 is 1.83 bits per heavy atom. The van der Waals surface area contributed by atoms with Gasteiger partial charge in [-0.15, -0.1) is 0 Å². The Balaban J connectivity index is 1.46. The number of benzene rings is 1. The maximum Gasteiger partial charge on any atom is 0.271 e. The van der Waals surface area contributed by atoms with Gasteiger partial charge in [-0.2, -0.15) is 0 Å². The van der Waals surface area contributed by atoms with Crippen molar-refractivity contribution in [3.8, 4) is 5.75 Å². The van der Waals surface area contributed by atoms with E-state index < -0.39 is 5.54 Å². The van der Waals surface area contributed by atoms with Crippen molar-refractivity contribution < 1.29 is 18.7 Å². The van der Waals surface area contributed by atoms with Gasteiger partial charge in [-0.1, -0.05) is 44.2 Å². The zero-order valence-electron chi connectivity index (χ0n) is 20.7. The molecule has 0 bridgehead atoms. The average molecular weight is 478 g/mol. The molecular weight excluding hydrogens is 442 g/mol. The largest absolute Gasteiger partial charge is 0.494 e. The van der Waals surface area contributed by atoms with Gasteiger partial charge in [0, 0.05) is 24.7 Å². The van der Waals surface area contributed by atoms with E-state index in [2.05, 4.69) is 5.32 Å². The number of hydrogen-bond acceptors (Lipinski definition) is 4. The lowest BCUT2D eigenvalue weighted by Gasteiger charge is -2.44. The van der Waals surface area contributed by atoms with Crippen molar-refractivity contribution in [1.82, 2.24) is 14.8 Å². The summed E-state index contributed by atoms with van der Waals surface area (Å²) in [5.41, 5.74) is 1.99. The van der Waals surface area contributed by atoms with Gasteiger partial charge in [-0.05, 0) is 44.4 Å². The zero-order valence-corrected chi connectivity index (χ0v) is 20.7. The van der Waals surface area contributed by atoms with E-state index in [-0.39, 0.29) is 17.9 Å². The average Bonchev–Trinajstić information content (AvgIpc) is 3.42. The third-order valence-corrected chi connectivity index (χ3v) is 7.55. The molecule has 2 aromatic heterocycles. The summed E-state index contributed by atoms with van der Waals surface area (Å²) >= 11 is 0. The number of furan rings is 1. The Kier molecular flexibility index (Phi) is 6.58. The highest BCUT2D eigenvalue weighted by Crippen LogP contribution is 2.34. The molecule has 1 aromatic carbocycles. The van der Waals surface area contributed by atoms with Crippen molar-refractivity contribution in [2.24, 2.45) is 0 Å². The van der Waals surface area contributed by atoms with E-state index in [1.165, 1.54) is 19.3 Å². The van der Waals surface area contributed by atoms with E-state index >= 15 is 0 Å². The molecular formula is C28H35N3O4. The van der Waals surface area contributed by atoms with E-state index in [0.717, 1.165) is 42.5 Å². The third-order valence-electron chi connectivity index (χ3n) is 7.55. The van der Waals surface area contributed by atoms with Crippen LogP contribution in [0.1, 0.15) is 74.8 Å². The molecule has 186 valence electrons. The fourth-order valence-corrected chi connectivity index (χ4v) is 5.50. The highest BCUT2D eigenvalue weighted by Gasteiger charge is 2.48. The van der Waals surface area contributed by atoms with Gasteiger partial charge in [0.2, 0.25) is 5.91 Å². The predicted molar refractivity (Wildman–Crippen MR) is 134 cm³/mol. The standard InChI is InChI=1S/C28H35N3O4/c1-3-34-22-13-11-20(12-14-22)18-31-26(32)24-17-25-23(15-16-35-25)30(24)19-28(31,2)27(33)29-21-9-7-5-4-6-8-10-21/h11-17,21H,3-10,18-19H2,1-2H3,(H,29,33)/t28-/m1/s1. The minimum absolute atomic E-state index is 0.0849. The molecule has 7 nitrogen and oxygen atoms in total. The highest BCUT2D eigenvalue weighted by molar-refractivity contribution is 6.02. The lowest BCUT2D eigenvalue weighted by molar-refractivity contribution is -0.134. The normalized spacial score (nSPS) is 21.4. The number of hydrogen-bond donors (Lipinski definition) is 1. The van der Waals surface area contributed by atoms with E-state index in [4.69, 9.17) is 9.15 Å². The van der Waals surface area contributed by atoms with Gasteiger partial charge in [-0.3, -0.25) is 9.59 Å². The summed E-state index contributed by atoms with van der Waals surface area (Å²) < 4.78 is 13.1. The van der Waals surface area contributed by atoms with E-state index in [9.17, 15) is 9.59 Å². The molecule has 1 fully saturated rings. The molecule has 35 heavy (non-hydrogen) atoms. The van der Waals surface area contributed by atoms with Crippen LogP contribution in [0.25, 0.3) is 11.1 Å². The quantitative estimate of drug-likeness (QED) is 0.524. The van der Waals surface area contributed by atoms with Crippen molar-refractivity contribution >= 4 is 22.9 Å². The first-order valence-electron chi connectivity index (χ1n) is 12.9. The number of rotatable bonds is 6. The number of carbonyl (C=O) groups excluding carboxylic acids is 2. The van der Waals surface area contributed by atoms with Crippen LogP contribution in [0.4, 0.5) is 0 Å². The molecule has 5 rings (SSSR count). The zero-order chi connectivity index (χ0) is 24.4. The van der Waals surface area contributed by atoms with E-state index in [0.29, 0.717) is 31.0 Å². The summed E-state index contributed by atoms with van der Waals surface area (Å²) in [6, 6.07) is 11.6. The molecule has 1 saturated carbocycles. The summed E-state index contributed by atoms with van der Waals surface area (Å²) in [4.78, 5) is 29.5. The molecule has 3 heterocycles. The monoisotopic (exact) mass is 477 g/mol. The van der Waals surface area contributed by atoms with E-state index in [1.807, 2.05) is 48.7 Å². The molecule has 2 aliphatic rings. The smallest absolute Gasteiger partial charge is 0.271 e. The summed E-state index contributed by atoms with van der Waals surface area (Å²) in [5, 5.41) is 3.33. The fraction of sp³-hybridized carbons (Fsp3) is 0.500. The molecule has 1 N–H and O–H groups in total. The van der Waals surface area contributed by atoms with Crippen molar-refractivity contribution in [2.45, 2.75) is 83.5 Å². The summed E-state index contributed by atoms with van der Waals surface area (Å²) in [6.45, 7) is 5.17. The minimum Gasteiger partial charge on any atom is -0.494 e. The summed E-state index contributed by atoms with van der Waals surface area (Å²) in [5.74, 6) is 0.547. The SMILES string of the molecule is CCOc1ccc(CN2C(=O)c3cc4occc4n3C[C@]2(C)C(=O)NC2CCCCCCC2)cc1. The predicted octanol–water partition coefficient (Wildman–Crippen LogP) is 5.28. The minimum atomic E-state index is -1.03. The Hall–Kier alpha value is -3.22. The molecule has 1 aliphatic heterocycles. The number of carbonyl (C=O) groups is 2. The van der Waals surface area contributed by atoms with Crippen LogP contribution in [0, 0.1) is 0 Å². The van der Waals surface area contributed by atoms with Gasteiger partial charge >= 0.3 is 0 Å². The number of fused-ring (bicyclic) bond motifs is 3. The number of nitrogens with zero attached hydrogens (tertiary/aromatic N) is 2. The number of ether oxygens (including phenoxy) is 1. The van der Waals surface area contributed by atoms with Gasteiger partial charge in [-0.25, -0.2) is 0 Å². The van der Waals surface area contributed by atoms with Crippen molar-refractivity contribution in [3.63, 3.8) is 0 Å². The molecule has 0 saturated heterocycles. The maximum atomic E-state index is 13.9. The first kappa shape index (κ1) is 23.5. The van der Waals surface area contributed by atoms with Crippen molar-refractivity contribution in [2.75, 3.05) is 6.61 Å². The van der Waals surface area contributed by atoms with Crippen molar-refractivity contribution in [3.05, 3.63) is 53.9 Å². The molecule has 0 unspecified atom stereocenters. The second-order valence-corrected chi connectivity index (χ2v) is 10.0. The first-order chi connectivity index (χ1) is 17.0. The molecule has 0 spiro atoms. The third kappa shape index (κ3) is 4.56. The second kappa shape index (κ2) is 9.80. The van der Waals surface area contributed by atoms with Crippen molar-refractivity contribution in [1.29, 1.82) is 0 Å². The van der Waals surface area contributed by atoms with Crippen LogP contribution >= 0.6 is 0 Å². The fourth-order valence-electron chi connectivity index (χ4n) is 5.50. The molecule has 3 aromatic rings. The Bertz CT molecular complexity index is 1190. The molecule has 0 radical (unpaired) electrons. The van der Waals surface area contributed by atoms with Gasteiger partial charge < -0.3 is 23.9 Å². The number of nitrogens with one attached hydrogen (secondary N) is 1. The van der Waals surface area contributed by atoms with E-state index in [1.54, 1.807) is 17.2 Å². The summed E-state index contributed by atoms with van der Waals surface area (Å²) in [6.07, 6.45) is 9.60. The van der Waals surface area contributed by atoms with Gasteiger partial charge in [0.25, 0.3) is 5.91 Å². The lowest BCUT2D eigenvalue weighted by Crippen LogP contribution is -2.64. The topological polar surface area (TPSA) is 76.7 Å². The highest BCUT2D eigenvalue weighted by atomic mass is 16.5. The van der Waals surface area contributed by atoms with Crippen LogP contribution in [-0.4, -0.2) is 39.5 Å². The van der Waals surface area contributed by atoms with Crippen LogP contribution in [0.15, 0.2) is 47.1 Å². The molecule has 2 amide bonds. The Morgan fingerprint density at radius 1 is 1.11 bits per heavy atom. The molecule has 1 atom stereocenters. The van der Waals surface area contributed by atoms with Gasteiger partial charge in [0.05, 0.1) is 24.9 Å². The maximum absolute atomic E-state index is 13.9. The summed E-state index contributed by atoms with van der Waals surface area (Å²) in [7, 11) is 0. The Labute approximate surface area is 206 Å².